The van der Waals surface area contributed by atoms with Gasteiger partial charge in [-0.2, -0.15) is 10.4 Å². The molecule has 0 saturated heterocycles. The first kappa shape index (κ1) is 13.2. The van der Waals surface area contributed by atoms with Crippen LogP contribution in [-0.2, 0) is 11.8 Å². The first-order valence-corrected chi connectivity index (χ1v) is 5.91. The molecule has 1 heterocycles. The predicted octanol–water partition coefficient (Wildman–Crippen LogP) is 2.20. The maximum atomic E-state index is 11.6. The van der Waals surface area contributed by atoms with Crippen molar-refractivity contribution in [1.29, 1.82) is 5.26 Å². The van der Waals surface area contributed by atoms with Gasteiger partial charge >= 0.3 is 0 Å². The van der Waals surface area contributed by atoms with Gasteiger partial charge in [-0.25, -0.2) is 0 Å². The Kier molecular flexibility index (Phi) is 5.21. The van der Waals surface area contributed by atoms with Crippen LogP contribution in [0.15, 0.2) is 6.20 Å². The number of rotatable bonds is 6. The quantitative estimate of drug-likeness (QED) is 0.767. The number of aromatic nitrogens is 2. The van der Waals surface area contributed by atoms with Gasteiger partial charge < -0.3 is 5.32 Å². The summed E-state index contributed by atoms with van der Waals surface area (Å²) in [7, 11) is 1.70. The third-order valence-corrected chi connectivity index (χ3v) is 2.57. The van der Waals surface area contributed by atoms with Crippen LogP contribution in [0.3, 0.4) is 0 Å². The van der Waals surface area contributed by atoms with Crippen LogP contribution in [0.1, 0.15) is 44.6 Å². The minimum absolute atomic E-state index is 0.0544. The smallest absolute Gasteiger partial charge is 0.225 e. The van der Waals surface area contributed by atoms with Crippen LogP contribution in [0.25, 0.3) is 0 Å². The summed E-state index contributed by atoms with van der Waals surface area (Å²) in [6, 6.07) is 2.00. The molecule has 1 aromatic rings. The Hall–Kier alpha value is -1.83. The van der Waals surface area contributed by atoms with Gasteiger partial charge in [-0.3, -0.25) is 9.48 Å². The SMILES string of the molecule is CCCCCCC(=O)Nc1c(C#N)cnn1C. The molecule has 0 aliphatic carbocycles. The molecular formula is C12H18N4O. The fraction of sp³-hybridized carbons (Fsp3) is 0.583. The van der Waals surface area contributed by atoms with E-state index in [0.717, 1.165) is 25.7 Å². The molecule has 17 heavy (non-hydrogen) atoms. The highest BCUT2D eigenvalue weighted by Crippen LogP contribution is 2.13. The minimum Gasteiger partial charge on any atom is -0.310 e. The molecule has 0 unspecified atom stereocenters. The molecule has 1 N–H and O–H groups in total. The lowest BCUT2D eigenvalue weighted by molar-refractivity contribution is -0.116. The Labute approximate surface area is 101 Å². The Morgan fingerprint density at radius 3 is 2.94 bits per heavy atom. The van der Waals surface area contributed by atoms with Crippen molar-refractivity contribution >= 4 is 11.7 Å². The molecule has 5 nitrogen and oxygen atoms in total. The zero-order valence-electron chi connectivity index (χ0n) is 10.4. The topological polar surface area (TPSA) is 70.7 Å². The number of hydrogen-bond donors (Lipinski definition) is 1. The van der Waals surface area contributed by atoms with Crippen molar-refractivity contribution in [2.24, 2.45) is 7.05 Å². The summed E-state index contributed by atoms with van der Waals surface area (Å²) < 4.78 is 1.50. The summed E-state index contributed by atoms with van der Waals surface area (Å²) in [4.78, 5) is 11.6. The normalized spacial score (nSPS) is 9.94. The molecular weight excluding hydrogens is 216 g/mol. The van der Waals surface area contributed by atoms with E-state index in [-0.39, 0.29) is 5.91 Å². The number of nitrogens with zero attached hydrogens (tertiary/aromatic N) is 3. The van der Waals surface area contributed by atoms with Gasteiger partial charge in [-0.05, 0) is 6.42 Å². The van der Waals surface area contributed by atoms with Crippen LogP contribution in [0.4, 0.5) is 5.82 Å². The van der Waals surface area contributed by atoms with Gasteiger partial charge in [0.2, 0.25) is 5.91 Å². The zero-order chi connectivity index (χ0) is 12.7. The van der Waals surface area contributed by atoms with E-state index in [1.54, 1.807) is 7.05 Å². The van der Waals surface area contributed by atoms with E-state index in [4.69, 9.17) is 5.26 Å². The van der Waals surface area contributed by atoms with Crippen LogP contribution in [0, 0.1) is 11.3 Å². The summed E-state index contributed by atoms with van der Waals surface area (Å²) >= 11 is 0. The highest BCUT2D eigenvalue weighted by atomic mass is 16.1. The van der Waals surface area contributed by atoms with Gasteiger partial charge in [0.05, 0.1) is 6.20 Å². The van der Waals surface area contributed by atoms with Crippen molar-refractivity contribution in [2.45, 2.75) is 39.0 Å². The highest BCUT2D eigenvalue weighted by Gasteiger charge is 2.10. The van der Waals surface area contributed by atoms with Gasteiger partial charge in [-0.1, -0.05) is 26.2 Å². The third kappa shape index (κ3) is 3.91. The molecule has 0 atom stereocenters. The number of unbranched alkanes of at least 4 members (excludes halogenated alkanes) is 3. The van der Waals surface area contributed by atoms with E-state index >= 15 is 0 Å². The van der Waals surface area contributed by atoms with Gasteiger partial charge in [0.25, 0.3) is 0 Å². The minimum atomic E-state index is -0.0544. The Balaban J connectivity index is 2.45. The van der Waals surface area contributed by atoms with Crippen molar-refractivity contribution in [3.8, 4) is 6.07 Å². The van der Waals surface area contributed by atoms with Gasteiger partial charge in [-0.15, -0.1) is 0 Å². The molecule has 0 bridgehead atoms. The molecule has 0 saturated carbocycles. The van der Waals surface area contributed by atoms with Crippen LogP contribution >= 0.6 is 0 Å². The monoisotopic (exact) mass is 234 g/mol. The Bertz CT molecular complexity index is 417. The maximum absolute atomic E-state index is 11.6. The molecule has 0 aliphatic rings. The summed E-state index contributed by atoms with van der Waals surface area (Å²) in [5.74, 6) is 0.425. The fourth-order valence-corrected chi connectivity index (χ4v) is 1.57. The number of aryl methyl sites for hydroxylation is 1. The zero-order valence-corrected chi connectivity index (χ0v) is 10.4. The molecule has 0 fully saturated rings. The molecule has 1 rings (SSSR count). The molecule has 5 heteroatoms. The van der Waals surface area contributed by atoms with Gasteiger partial charge in [0.1, 0.15) is 17.5 Å². The highest BCUT2D eigenvalue weighted by molar-refractivity contribution is 5.91. The first-order chi connectivity index (χ1) is 8.19. The van der Waals surface area contributed by atoms with Crippen molar-refractivity contribution in [3.63, 3.8) is 0 Å². The second-order valence-electron chi connectivity index (χ2n) is 4.00. The van der Waals surface area contributed by atoms with Crippen LogP contribution in [0.2, 0.25) is 0 Å². The number of carbonyl (C=O) groups excluding carboxylic acids is 1. The summed E-state index contributed by atoms with van der Waals surface area (Å²) in [5.41, 5.74) is 0.398. The summed E-state index contributed by atoms with van der Waals surface area (Å²) in [6.07, 6.45) is 6.22. The lowest BCUT2D eigenvalue weighted by Gasteiger charge is -2.05. The number of carbonyl (C=O) groups is 1. The van der Waals surface area contributed by atoms with Crippen LogP contribution in [-0.4, -0.2) is 15.7 Å². The lowest BCUT2D eigenvalue weighted by atomic mass is 10.1. The van der Waals surface area contributed by atoms with E-state index in [2.05, 4.69) is 17.3 Å². The molecule has 1 amide bonds. The van der Waals surface area contributed by atoms with Crippen molar-refractivity contribution in [2.75, 3.05) is 5.32 Å². The second kappa shape index (κ2) is 6.69. The lowest BCUT2D eigenvalue weighted by Crippen LogP contribution is -2.14. The first-order valence-electron chi connectivity index (χ1n) is 5.91. The van der Waals surface area contributed by atoms with E-state index in [1.807, 2.05) is 6.07 Å². The van der Waals surface area contributed by atoms with E-state index in [1.165, 1.54) is 10.9 Å². The largest absolute Gasteiger partial charge is 0.310 e. The Morgan fingerprint density at radius 2 is 2.29 bits per heavy atom. The molecule has 0 aromatic carbocycles. The molecule has 92 valence electrons. The van der Waals surface area contributed by atoms with Crippen molar-refractivity contribution in [1.82, 2.24) is 9.78 Å². The van der Waals surface area contributed by atoms with E-state index in [0.29, 0.717) is 17.8 Å². The predicted molar refractivity (Wildman–Crippen MR) is 65.3 cm³/mol. The van der Waals surface area contributed by atoms with Crippen LogP contribution in [0.5, 0.6) is 0 Å². The third-order valence-electron chi connectivity index (χ3n) is 2.57. The van der Waals surface area contributed by atoms with Crippen molar-refractivity contribution in [3.05, 3.63) is 11.8 Å². The van der Waals surface area contributed by atoms with Crippen LogP contribution < -0.4 is 5.32 Å². The fourth-order valence-electron chi connectivity index (χ4n) is 1.57. The van der Waals surface area contributed by atoms with Gasteiger partial charge in [0.15, 0.2) is 0 Å². The van der Waals surface area contributed by atoms with Gasteiger partial charge in [0, 0.05) is 13.5 Å². The summed E-state index contributed by atoms with van der Waals surface area (Å²) in [5, 5.41) is 15.5. The molecule has 0 spiro atoms. The number of nitrogens with one attached hydrogen (secondary N) is 1. The standard InChI is InChI=1S/C12H18N4O/c1-3-4-5-6-7-11(17)15-12-10(8-13)9-14-16(12)2/h9H,3-7H2,1-2H3,(H,15,17). The molecule has 0 aliphatic heterocycles. The molecule has 1 aromatic heterocycles. The average molecular weight is 234 g/mol. The van der Waals surface area contributed by atoms with E-state index < -0.39 is 0 Å². The number of amides is 1. The number of hydrogen-bond acceptors (Lipinski definition) is 3. The Morgan fingerprint density at radius 1 is 1.53 bits per heavy atom. The van der Waals surface area contributed by atoms with Crippen molar-refractivity contribution < 1.29 is 4.79 Å². The van der Waals surface area contributed by atoms with E-state index in [9.17, 15) is 4.79 Å². The summed E-state index contributed by atoms with van der Waals surface area (Å²) in [6.45, 7) is 2.13. The second-order valence-corrected chi connectivity index (χ2v) is 4.00. The molecule has 0 radical (unpaired) electrons. The number of nitriles is 1. The average Bonchev–Trinajstić information content (AvgIpc) is 2.66. The number of anilines is 1. The maximum Gasteiger partial charge on any atom is 0.225 e.